The topological polar surface area (TPSA) is 148 Å². The third-order valence-corrected chi connectivity index (χ3v) is 3.55. The molecule has 1 aliphatic heterocycles. The average molecular weight is 379 g/mol. The van der Waals surface area contributed by atoms with Crippen molar-refractivity contribution in [3.63, 3.8) is 0 Å². The molecule has 0 aromatic heterocycles. The lowest BCUT2D eigenvalue weighted by molar-refractivity contribution is -0.384. The van der Waals surface area contributed by atoms with E-state index in [1.165, 1.54) is 18.2 Å². The minimum absolute atomic E-state index is 0.0605. The number of benzene rings is 1. The van der Waals surface area contributed by atoms with Crippen molar-refractivity contribution in [1.82, 2.24) is 5.32 Å². The van der Waals surface area contributed by atoms with E-state index in [4.69, 9.17) is 14.6 Å². The number of fused-ring (bicyclic) bond motifs is 1. The van der Waals surface area contributed by atoms with E-state index < -0.39 is 35.3 Å². The molecule has 0 aliphatic carbocycles. The second-order valence-electron chi connectivity index (χ2n) is 5.46. The monoisotopic (exact) mass is 379 g/mol. The molecule has 0 bridgehead atoms. The third-order valence-electron chi connectivity index (χ3n) is 3.55. The zero-order chi connectivity index (χ0) is 20.0. The molecule has 0 fully saturated rings. The Morgan fingerprint density at radius 3 is 2.89 bits per heavy atom. The minimum Gasteiger partial charge on any atom is -0.482 e. The number of carboxylic acids is 1. The van der Waals surface area contributed by atoms with Crippen molar-refractivity contribution in [3.8, 4) is 5.75 Å². The van der Waals surface area contributed by atoms with E-state index in [0.29, 0.717) is 0 Å². The molecule has 1 aromatic carbocycles. The van der Waals surface area contributed by atoms with Gasteiger partial charge in [0.25, 0.3) is 11.6 Å². The lowest BCUT2D eigenvalue weighted by atomic mass is 10.2. The van der Waals surface area contributed by atoms with Crippen LogP contribution >= 0.6 is 0 Å². The first-order valence-electron chi connectivity index (χ1n) is 7.76. The van der Waals surface area contributed by atoms with Gasteiger partial charge in [0.1, 0.15) is 12.3 Å². The number of nitrogens with zero attached hydrogens (tertiary/aromatic N) is 2. The fourth-order valence-corrected chi connectivity index (χ4v) is 2.30. The lowest BCUT2D eigenvalue weighted by Crippen LogP contribution is -2.50. The summed E-state index contributed by atoms with van der Waals surface area (Å²) in [4.78, 5) is 46.8. The summed E-state index contributed by atoms with van der Waals surface area (Å²) in [6.07, 6.45) is 1.43. The number of nitro benzene ring substituents is 1. The number of non-ortho nitro benzene ring substituents is 1. The van der Waals surface area contributed by atoms with E-state index in [-0.39, 0.29) is 36.9 Å². The standard InChI is InChI=1S/C16H17N3O8/c1-2-5-26-8-11(16(22)23)17-14(20)7-18-12-6-10(19(24)25)3-4-13(12)27-9-15(18)21/h2-4,6,11H,1,5,7-9H2,(H,17,20)(H,22,23). The lowest BCUT2D eigenvalue weighted by Gasteiger charge is -2.29. The Morgan fingerprint density at radius 2 is 2.26 bits per heavy atom. The van der Waals surface area contributed by atoms with Gasteiger partial charge in [0.15, 0.2) is 12.6 Å². The van der Waals surface area contributed by atoms with Crippen LogP contribution < -0.4 is 15.0 Å². The second-order valence-corrected chi connectivity index (χ2v) is 5.46. The Kier molecular flexibility index (Phi) is 6.44. The van der Waals surface area contributed by atoms with Gasteiger partial charge in [-0.3, -0.25) is 24.6 Å². The van der Waals surface area contributed by atoms with E-state index in [9.17, 15) is 24.5 Å². The summed E-state index contributed by atoms with van der Waals surface area (Å²) >= 11 is 0. The van der Waals surface area contributed by atoms with Crippen molar-refractivity contribution < 1.29 is 33.9 Å². The predicted octanol–water partition coefficient (Wildman–Crippen LogP) is 0.0922. The van der Waals surface area contributed by atoms with Gasteiger partial charge in [0.2, 0.25) is 5.91 Å². The summed E-state index contributed by atoms with van der Waals surface area (Å²) in [5, 5.41) is 22.3. The summed E-state index contributed by atoms with van der Waals surface area (Å²) < 4.78 is 10.2. The number of carbonyl (C=O) groups excluding carboxylic acids is 2. The zero-order valence-corrected chi connectivity index (χ0v) is 14.1. The molecule has 11 nitrogen and oxygen atoms in total. The van der Waals surface area contributed by atoms with Gasteiger partial charge in [-0.05, 0) is 6.07 Å². The highest BCUT2D eigenvalue weighted by Gasteiger charge is 2.30. The molecule has 0 radical (unpaired) electrons. The van der Waals surface area contributed by atoms with E-state index in [1.54, 1.807) is 0 Å². The van der Waals surface area contributed by atoms with Crippen molar-refractivity contribution >= 4 is 29.2 Å². The number of rotatable bonds is 9. The molecule has 1 heterocycles. The number of hydrogen-bond acceptors (Lipinski definition) is 7. The fraction of sp³-hybridized carbons (Fsp3) is 0.312. The molecular formula is C16H17N3O8. The normalized spacial score (nSPS) is 13.9. The maximum absolute atomic E-state index is 12.2. The number of amides is 2. The molecule has 1 unspecified atom stereocenters. The smallest absolute Gasteiger partial charge is 0.328 e. The second kappa shape index (κ2) is 8.76. The Bertz CT molecular complexity index is 779. The van der Waals surface area contributed by atoms with Crippen LogP contribution in [0.3, 0.4) is 0 Å². The number of aliphatic carboxylic acids is 1. The molecular weight excluding hydrogens is 362 g/mol. The number of carboxylic acid groups (broad SMARTS) is 1. The number of ether oxygens (including phenoxy) is 2. The summed E-state index contributed by atoms with van der Waals surface area (Å²) in [6.45, 7) is 2.38. The highest BCUT2D eigenvalue weighted by Crippen LogP contribution is 2.35. The van der Waals surface area contributed by atoms with Crippen molar-refractivity contribution in [3.05, 3.63) is 41.0 Å². The van der Waals surface area contributed by atoms with Crippen LogP contribution in [0, 0.1) is 10.1 Å². The predicted molar refractivity (Wildman–Crippen MR) is 91.5 cm³/mol. The molecule has 2 amide bonds. The van der Waals surface area contributed by atoms with Gasteiger partial charge in [-0.1, -0.05) is 6.08 Å². The molecule has 11 heteroatoms. The Morgan fingerprint density at radius 1 is 1.52 bits per heavy atom. The van der Waals surface area contributed by atoms with Crippen LogP contribution in [0.15, 0.2) is 30.9 Å². The van der Waals surface area contributed by atoms with Gasteiger partial charge in [-0.2, -0.15) is 0 Å². The third kappa shape index (κ3) is 5.01. The maximum Gasteiger partial charge on any atom is 0.328 e. The summed E-state index contributed by atoms with van der Waals surface area (Å²) in [7, 11) is 0. The first-order valence-corrected chi connectivity index (χ1v) is 7.76. The molecule has 1 atom stereocenters. The molecule has 0 saturated heterocycles. The van der Waals surface area contributed by atoms with E-state index in [0.717, 1.165) is 11.0 Å². The van der Waals surface area contributed by atoms with Crippen molar-refractivity contribution in [1.29, 1.82) is 0 Å². The van der Waals surface area contributed by atoms with Gasteiger partial charge in [0.05, 0.1) is 23.8 Å². The molecule has 27 heavy (non-hydrogen) atoms. The van der Waals surface area contributed by atoms with Crippen LogP contribution in [0.2, 0.25) is 0 Å². The van der Waals surface area contributed by atoms with Crippen LogP contribution in [-0.4, -0.2) is 60.2 Å². The Balaban J connectivity index is 2.13. The first kappa shape index (κ1) is 19.8. The molecule has 0 spiro atoms. The van der Waals surface area contributed by atoms with E-state index in [1.807, 2.05) is 0 Å². The summed E-state index contributed by atoms with van der Waals surface area (Å²) in [5.74, 6) is -2.46. The fourth-order valence-electron chi connectivity index (χ4n) is 2.30. The molecule has 1 aromatic rings. The maximum atomic E-state index is 12.2. The average Bonchev–Trinajstić information content (AvgIpc) is 2.62. The van der Waals surface area contributed by atoms with Crippen molar-refractivity contribution in [2.45, 2.75) is 6.04 Å². The Hall–Kier alpha value is -3.47. The number of nitro groups is 1. The zero-order valence-electron chi connectivity index (χ0n) is 14.1. The molecule has 0 saturated carbocycles. The number of nitrogens with one attached hydrogen (secondary N) is 1. The summed E-state index contributed by atoms with van der Waals surface area (Å²) in [5.41, 5.74) is -0.218. The van der Waals surface area contributed by atoms with Crippen molar-refractivity contribution in [2.24, 2.45) is 0 Å². The molecule has 2 rings (SSSR count). The molecule has 1 aliphatic rings. The SMILES string of the molecule is C=CCOCC(NC(=O)CN1C(=O)COc2ccc([N+](=O)[O-])cc21)C(=O)O. The Labute approximate surface area is 153 Å². The highest BCUT2D eigenvalue weighted by atomic mass is 16.6. The molecule has 2 N–H and O–H groups in total. The van der Waals surface area contributed by atoms with Gasteiger partial charge in [-0.15, -0.1) is 6.58 Å². The van der Waals surface area contributed by atoms with Crippen LogP contribution in [0.1, 0.15) is 0 Å². The van der Waals surface area contributed by atoms with Crippen LogP contribution in [0.25, 0.3) is 0 Å². The highest BCUT2D eigenvalue weighted by molar-refractivity contribution is 6.02. The van der Waals surface area contributed by atoms with Crippen LogP contribution in [-0.2, 0) is 19.1 Å². The van der Waals surface area contributed by atoms with Gasteiger partial charge < -0.3 is 19.9 Å². The number of anilines is 1. The molecule has 144 valence electrons. The number of carbonyl (C=O) groups is 3. The largest absolute Gasteiger partial charge is 0.482 e. The van der Waals surface area contributed by atoms with E-state index in [2.05, 4.69) is 11.9 Å². The van der Waals surface area contributed by atoms with Crippen LogP contribution in [0.5, 0.6) is 5.75 Å². The number of hydrogen-bond donors (Lipinski definition) is 2. The van der Waals surface area contributed by atoms with Crippen LogP contribution in [0.4, 0.5) is 11.4 Å². The van der Waals surface area contributed by atoms with E-state index >= 15 is 0 Å². The van der Waals surface area contributed by atoms with Gasteiger partial charge >= 0.3 is 5.97 Å². The minimum atomic E-state index is -1.32. The van der Waals surface area contributed by atoms with Gasteiger partial charge in [-0.25, -0.2) is 4.79 Å². The van der Waals surface area contributed by atoms with Gasteiger partial charge in [0, 0.05) is 12.1 Å². The van der Waals surface area contributed by atoms with Crippen molar-refractivity contribution in [2.75, 3.05) is 31.3 Å². The quantitative estimate of drug-likeness (QED) is 0.265. The summed E-state index contributed by atoms with van der Waals surface area (Å²) in [6, 6.07) is 2.33. The first-order chi connectivity index (χ1) is 12.8.